The van der Waals surface area contributed by atoms with Gasteiger partial charge < -0.3 is 9.84 Å². The molecule has 8 bridgehead atoms. The second-order valence-electron chi connectivity index (χ2n) is 12.8. The highest BCUT2D eigenvalue weighted by Gasteiger charge is 2.85. The Hall–Kier alpha value is -1.35. The van der Waals surface area contributed by atoms with E-state index in [1.54, 1.807) is 0 Å². The van der Waals surface area contributed by atoms with Crippen molar-refractivity contribution < 1.29 is 14.6 Å². The van der Waals surface area contributed by atoms with E-state index < -0.39 is 11.0 Å². The van der Waals surface area contributed by atoms with Crippen LogP contribution in [0.5, 0.6) is 0 Å². The quantitative estimate of drug-likeness (QED) is 0.686. The van der Waals surface area contributed by atoms with Gasteiger partial charge in [0, 0.05) is 0 Å². The lowest BCUT2D eigenvalue weighted by molar-refractivity contribution is -0.369. The number of fused-ring (bicyclic) bond motifs is 2. The normalized spacial score (nSPS) is 54.6. The van der Waals surface area contributed by atoms with Gasteiger partial charge in [-0.25, -0.2) is 0 Å². The molecule has 1 unspecified atom stereocenters. The Balaban J connectivity index is 1.26. The minimum atomic E-state index is -1.05. The molecule has 9 saturated carbocycles. The molecule has 0 aliphatic heterocycles. The summed E-state index contributed by atoms with van der Waals surface area (Å²) < 4.78 is 6.48. The summed E-state index contributed by atoms with van der Waals surface area (Å²) in [7, 11) is 0. The molecule has 0 saturated heterocycles. The number of aliphatic hydroxyl groups is 1. The number of esters is 1. The van der Waals surface area contributed by atoms with E-state index in [1.807, 2.05) is 30.3 Å². The second-order valence-corrected chi connectivity index (χ2v) is 12.8. The van der Waals surface area contributed by atoms with Crippen LogP contribution in [0.15, 0.2) is 30.3 Å². The highest BCUT2D eigenvalue weighted by Crippen LogP contribution is 2.81. The van der Waals surface area contributed by atoms with E-state index in [4.69, 9.17) is 4.74 Å². The zero-order valence-corrected chi connectivity index (χ0v) is 19.1. The molecule has 0 spiro atoms. The molecule has 0 amide bonds. The van der Waals surface area contributed by atoms with Gasteiger partial charge in [0.15, 0.2) is 0 Å². The Bertz CT molecular complexity index is 926. The van der Waals surface area contributed by atoms with Crippen LogP contribution in [-0.4, -0.2) is 17.2 Å². The van der Waals surface area contributed by atoms with Crippen LogP contribution in [0.1, 0.15) is 64.9 Å². The van der Waals surface area contributed by atoms with E-state index in [0.717, 1.165) is 37.2 Å². The van der Waals surface area contributed by atoms with Crippen molar-refractivity contribution in [1.82, 2.24) is 0 Å². The van der Waals surface area contributed by atoms with Gasteiger partial charge in [0.2, 0.25) is 0 Å². The van der Waals surface area contributed by atoms with E-state index >= 15 is 0 Å². The molecule has 1 N–H and O–H groups in total. The fraction of sp³-hybridized carbons (Fsp3) is 0.750. The van der Waals surface area contributed by atoms with Gasteiger partial charge in [0.25, 0.3) is 0 Å². The second kappa shape index (κ2) is 5.76. The van der Waals surface area contributed by atoms with Crippen molar-refractivity contribution in [2.24, 2.45) is 58.2 Å². The molecule has 3 heteroatoms. The third-order valence-corrected chi connectivity index (χ3v) is 11.8. The molecular formula is C28H36O3. The first-order chi connectivity index (χ1) is 14.8. The van der Waals surface area contributed by atoms with Crippen LogP contribution in [0.3, 0.4) is 0 Å². The van der Waals surface area contributed by atoms with Crippen LogP contribution in [-0.2, 0) is 15.1 Å². The smallest absolute Gasteiger partial charge is 0.316 e. The molecule has 10 rings (SSSR count). The lowest BCUT2D eigenvalue weighted by atomic mass is 9.25. The molecule has 3 nitrogen and oxygen atoms in total. The standard InChI is InChI=1S/C28H36O3/c1-15-21-13-19(26(21,2)3)14-23(15)31-25(29)27-20-10-16-9-17(12-20)24(22(27)11-16)28(27,30)18-7-5-4-6-8-18/h4-8,15-17,19-24,30H,9-14H2,1-3H3/t15-,16-,17+,19+,20-,21-,22+,23-,24-,27+,28?/m0/s1. The first kappa shape index (κ1) is 19.1. The van der Waals surface area contributed by atoms with Crippen LogP contribution in [0.4, 0.5) is 0 Å². The summed E-state index contributed by atoms with van der Waals surface area (Å²) in [5.41, 5.74) is -0.433. The summed E-state index contributed by atoms with van der Waals surface area (Å²) in [5, 5.41) is 12.4. The van der Waals surface area contributed by atoms with Gasteiger partial charge >= 0.3 is 5.97 Å². The fourth-order valence-corrected chi connectivity index (χ4v) is 10.4. The van der Waals surface area contributed by atoms with Crippen molar-refractivity contribution in [1.29, 1.82) is 0 Å². The summed E-state index contributed by atoms with van der Waals surface area (Å²) in [6, 6.07) is 10.1. The van der Waals surface area contributed by atoms with Crippen LogP contribution in [0.2, 0.25) is 0 Å². The number of rotatable bonds is 3. The highest BCUT2D eigenvalue weighted by atomic mass is 16.5. The minimum Gasteiger partial charge on any atom is -0.462 e. The van der Waals surface area contributed by atoms with Gasteiger partial charge in [-0.2, -0.15) is 0 Å². The largest absolute Gasteiger partial charge is 0.462 e. The third-order valence-electron chi connectivity index (χ3n) is 11.8. The first-order valence-corrected chi connectivity index (χ1v) is 12.8. The van der Waals surface area contributed by atoms with E-state index in [9.17, 15) is 9.90 Å². The van der Waals surface area contributed by atoms with Crippen molar-refractivity contribution in [2.75, 3.05) is 0 Å². The molecule has 0 aromatic heterocycles. The van der Waals surface area contributed by atoms with Crippen molar-refractivity contribution in [3.63, 3.8) is 0 Å². The van der Waals surface area contributed by atoms with Crippen LogP contribution < -0.4 is 0 Å². The average Bonchev–Trinajstić information content (AvgIpc) is 2.74. The average molecular weight is 421 g/mol. The SMILES string of the molecule is C[C@@H]1[C@@H](OC(=O)[C@@]23[C@H]4C[C@@H]5C[C@H](C4)[C@@H]([C@H]2C5)C3(O)c2ccccc2)C[C@H]2C[C@@H]1C2(C)C. The maximum atomic E-state index is 14.2. The van der Waals surface area contributed by atoms with Gasteiger partial charge in [-0.3, -0.25) is 4.79 Å². The summed E-state index contributed by atoms with van der Waals surface area (Å²) in [5.74, 6) is 3.84. The maximum absolute atomic E-state index is 14.2. The van der Waals surface area contributed by atoms with Crippen LogP contribution >= 0.6 is 0 Å². The van der Waals surface area contributed by atoms with Crippen molar-refractivity contribution >= 4 is 5.97 Å². The molecular weight excluding hydrogens is 384 g/mol. The molecule has 0 radical (unpaired) electrons. The molecule has 11 atom stereocenters. The first-order valence-electron chi connectivity index (χ1n) is 12.8. The Morgan fingerprint density at radius 3 is 2.42 bits per heavy atom. The predicted octanol–water partition coefficient (Wildman–Crippen LogP) is 5.17. The van der Waals surface area contributed by atoms with Gasteiger partial charge in [-0.15, -0.1) is 0 Å². The molecule has 166 valence electrons. The number of carbonyl (C=O) groups is 1. The van der Waals surface area contributed by atoms with Gasteiger partial charge in [0.1, 0.15) is 17.1 Å². The topological polar surface area (TPSA) is 46.5 Å². The van der Waals surface area contributed by atoms with Crippen LogP contribution in [0.25, 0.3) is 0 Å². The summed E-state index contributed by atoms with van der Waals surface area (Å²) in [6.07, 6.45) is 6.88. The molecule has 9 fully saturated rings. The predicted molar refractivity (Wildman–Crippen MR) is 118 cm³/mol. The Kier molecular flexibility index (Phi) is 3.56. The zero-order chi connectivity index (χ0) is 21.3. The van der Waals surface area contributed by atoms with Gasteiger partial charge in [-0.05, 0) is 96.8 Å². The van der Waals surface area contributed by atoms with E-state index in [1.165, 1.54) is 12.8 Å². The van der Waals surface area contributed by atoms with E-state index in [-0.39, 0.29) is 23.9 Å². The molecule has 9 aliphatic carbocycles. The van der Waals surface area contributed by atoms with Crippen molar-refractivity contribution in [2.45, 2.75) is 71.0 Å². The number of ether oxygens (including phenoxy) is 1. The van der Waals surface area contributed by atoms with E-state index in [0.29, 0.717) is 35.0 Å². The lowest BCUT2D eigenvalue weighted by Gasteiger charge is -2.78. The molecule has 1 aromatic carbocycles. The minimum absolute atomic E-state index is 0.0231. The number of benzene rings is 1. The molecule has 1 aromatic rings. The summed E-state index contributed by atoms with van der Waals surface area (Å²) in [4.78, 5) is 14.2. The molecule has 31 heavy (non-hydrogen) atoms. The zero-order valence-electron chi connectivity index (χ0n) is 19.1. The maximum Gasteiger partial charge on any atom is 0.316 e. The summed E-state index contributed by atoms with van der Waals surface area (Å²) >= 11 is 0. The van der Waals surface area contributed by atoms with E-state index in [2.05, 4.69) is 20.8 Å². The third kappa shape index (κ3) is 1.97. The highest BCUT2D eigenvalue weighted by molar-refractivity contribution is 5.83. The molecule has 0 heterocycles. The Labute approximate surface area is 185 Å². The van der Waals surface area contributed by atoms with Crippen molar-refractivity contribution in [3.8, 4) is 0 Å². The number of carbonyl (C=O) groups excluding carboxylic acids is 1. The van der Waals surface area contributed by atoms with Gasteiger partial charge in [0.05, 0.1) is 0 Å². The van der Waals surface area contributed by atoms with Gasteiger partial charge in [-0.1, -0.05) is 51.1 Å². The number of hydrogen-bond acceptors (Lipinski definition) is 3. The fourth-order valence-electron chi connectivity index (χ4n) is 10.4. The lowest BCUT2D eigenvalue weighted by Crippen LogP contribution is -2.82. The Morgan fingerprint density at radius 2 is 1.74 bits per heavy atom. The monoisotopic (exact) mass is 420 g/mol. The van der Waals surface area contributed by atoms with Crippen molar-refractivity contribution in [3.05, 3.63) is 35.9 Å². The molecule has 9 aliphatic rings. The van der Waals surface area contributed by atoms with Crippen LogP contribution in [0, 0.1) is 58.2 Å². The Morgan fingerprint density at radius 1 is 0.968 bits per heavy atom. The summed E-state index contributed by atoms with van der Waals surface area (Å²) in [6.45, 7) is 7.07. The number of hydrogen-bond donors (Lipinski definition) is 1.